The molecule has 0 bridgehead atoms. The monoisotopic (exact) mass is 342 g/mol. The summed E-state index contributed by atoms with van der Waals surface area (Å²) in [5.41, 5.74) is 1.37. The van der Waals surface area contributed by atoms with Gasteiger partial charge in [-0.1, -0.05) is 19.9 Å². The average molecular weight is 342 g/mol. The van der Waals surface area contributed by atoms with Crippen molar-refractivity contribution in [2.45, 2.75) is 20.3 Å². The predicted octanol–water partition coefficient (Wildman–Crippen LogP) is 2.78. The number of benzene rings is 1. The molecule has 0 aliphatic heterocycles. The number of nitrogens with one attached hydrogen (secondary N) is 2. The zero-order chi connectivity index (χ0) is 18.2. The van der Waals surface area contributed by atoms with Gasteiger partial charge in [-0.3, -0.25) is 4.79 Å². The first-order chi connectivity index (χ1) is 12.0. The molecule has 132 valence electrons. The van der Waals surface area contributed by atoms with Crippen LogP contribution in [0.3, 0.4) is 0 Å². The highest BCUT2D eigenvalue weighted by Crippen LogP contribution is 2.17. The molecule has 1 amide bonds. The summed E-state index contributed by atoms with van der Waals surface area (Å²) in [6.07, 6.45) is 2.23. The molecule has 2 rings (SSSR count). The van der Waals surface area contributed by atoms with Crippen molar-refractivity contribution in [3.05, 3.63) is 47.9 Å². The highest BCUT2D eigenvalue weighted by Gasteiger charge is 2.10. The third-order valence-electron chi connectivity index (χ3n) is 3.46. The van der Waals surface area contributed by atoms with Crippen molar-refractivity contribution in [2.24, 2.45) is 5.92 Å². The molecule has 0 fully saturated rings. The molecule has 7 heteroatoms. The van der Waals surface area contributed by atoms with E-state index < -0.39 is 5.97 Å². The van der Waals surface area contributed by atoms with Crippen LogP contribution in [0.2, 0.25) is 0 Å². The fraction of sp³-hybridized carbons (Fsp3) is 0.333. The fourth-order valence-electron chi connectivity index (χ4n) is 2.10. The maximum atomic E-state index is 12.1. The highest BCUT2D eigenvalue weighted by molar-refractivity contribution is 5.93. The third kappa shape index (κ3) is 5.56. The molecule has 0 atom stereocenters. The minimum atomic E-state index is -0.420. The smallest absolute Gasteiger partial charge is 0.337 e. The quantitative estimate of drug-likeness (QED) is 0.752. The van der Waals surface area contributed by atoms with Gasteiger partial charge in [0.05, 0.1) is 12.7 Å². The summed E-state index contributed by atoms with van der Waals surface area (Å²) < 4.78 is 4.70. The van der Waals surface area contributed by atoms with E-state index in [2.05, 4.69) is 34.4 Å². The van der Waals surface area contributed by atoms with E-state index in [0.717, 1.165) is 6.42 Å². The lowest BCUT2D eigenvalue weighted by Gasteiger charge is -2.09. The number of carbonyl (C=O) groups is 2. The summed E-state index contributed by atoms with van der Waals surface area (Å²) in [6.45, 7) is 4.80. The predicted molar refractivity (Wildman–Crippen MR) is 94.9 cm³/mol. The third-order valence-corrected chi connectivity index (χ3v) is 3.46. The Kier molecular flexibility index (Phi) is 6.45. The van der Waals surface area contributed by atoms with E-state index in [1.54, 1.807) is 30.3 Å². The summed E-state index contributed by atoms with van der Waals surface area (Å²) in [4.78, 5) is 31.8. The van der Waals surface area contributed by atoms with Crippen molar-refractivity contribution in [3.63, 3.8) is 0 Å². The van der Waals surface area contributed by atoms with Crippen LogP contribution in [-0.4, -0.2) is 35.5 Å². The lowest BCUT2D eigenvalue weighted by molar-refractivity contribution is 0.0600. The average Bonchev–Trinajstić information content (AvgIpc) is 2.61. The zero-order valence-electron chi connectivity index (χ0n) is 14.6. The van der Waals surface area contributed by atoms with E-state index in [1.165, 1.54) is 13.4 Å². The Morgan fingerprint density at radius 1 is 1.20 bits per heavy atom. The Labute approximate surface area is 146 Å². The van der Waals surface area contributed by atoms with Crippen molar-refractivity contribution in [2.75, 3.05) is 19.0 Å². The van der Waals surface area contributed by atoms with Gasteiger partial charge in [0, 0.05) is 18.3 Å². The Morgan fingerprint density at radius 3 is 2.72 bits per heavy atom. The molecule has 25 heavy (non-hydrogen) atoms. The number of hydrogen-bond donors (Lipinski definition) is 2. The Balaban J connectivity index is 2.06. The number of ether oxygens (including phenoxy) is 1. The summed E-state index contributed by atoms with van der Waals surface area (Å²) >= 11 is 0. The zero-order valence-corrected chi connectivity index (χ0v) is 14.6. The number of aromatic nitrogens is 2. The number of nitrogens with zero attached hydrogens (tertiary/aromatic N) is 2. The van der Waals surface area contributed by atoms with Gasteiger partial charge < -0.3 is 15.4 Å². The SMILES string of the molecule is COC(=O)c1cccc(Nc2cc(C(=O)NCCC(C)C)ncn2)c1. The number of rotatable bonds is 7. The number of amides is 1. The van der Waals surface area contributed by atoms with E-state index in [4.69, 9.17) is 4.74 Å². The Bertz CT molecular complexity index is 747. The van der Waals surface area contributed by atoms with Gasteiger partial charge in [0.25, 0.3) is 5.91 Å². The number of carbonyl (C=O) groups excluding carboxylic acids is 2. The summed E-state index contributed by atoms with van der Waals surface area (Å²) in [6, 6.07) is 8.39. The normalized spacial score (nSPS) is 10.4. The van der Waals surface area contributed by atoms with Crippen molar-refractivity contribution in [3.8, 4) is 0 Å². The maximum absolute atomic E-state index is 12.1. The van der Waals surface area contributed by atoms with Crippen molar-refractivity contribution < 1.29 is 14.3 Å². The number of methoxy groups -OCH3 is 1. The molecule has 0 radical (unpaired) electrons. The van der Waals surface area contributed by atoms with Gasteiger partial charge in [0.2, 0.25) is 0 Å². The van der Waals surface area contributed by atoms with Gasteiger partial charge in [0.1, 0.15) is 17.8 Å². The van der Waals surface area contributed by atoms with Crippen LogP contribution >= 0.6 is 0 Å². The van der Waals surface area contributed by atoms with Gasteiger partial charge in [-0.05, 0) is 30.5 Å². The first-order valence-electron chi connectivity index (χ1n) is 8.05. The lowest BCUT2D eigenvalue weighted by Crippen LogP contribution is -2.26. The minimum absolute atomic E-state index is 0.241. The second-order valence-electron chi connectivity index (χ2n) is 5.92. The molecule has 0 saturated carbocycles. The molecule has 0 aliphatic rings. The standard InChI is InChI=1S/C18H22N4O3/c1-12(2)7-8-19-17(23)15-10-16(21-11-20-15)22-14-6-4-5-13(9-14)18(24)25-3/h4-6,9-12H,7-8H2,1-3H3,(H,19,23)(H,20,21,22). The van der Waals surface area contributed by atoms with Crippen molar-refractivity contribution in [1.82, 2.24) is 15.3 Å². The van der Waals surface area contributed by atoms with Crippen LogP contribution in [0.5, 0.6) is 0 Å². The molecule has 1 aromatic heterocycles. The Hall–Kier alpha value is -2.96. The Morgan fingerprint density at radius 2 is 2.00 bits per heavy atom. The summed E-state index contributed by atoms with van der Waals surface area (Å²) in [7, 11) is 1.33. The van der Waals surface area contributed by atoms with Crippen LogP contribution in [0, 0.1) is 5.92 Å². The van der Waals surface area contributed by atoms with Crippen LogP contribution in [0.15, 0.2) is 36.7 Å². The van der Waals surface area contributed by atoms with Crippen LogP contribution in [0.4, 0.5) is 11.5 Å². The van der Waals surface area contributed by atoms with Crippen molar-refractivity contribution in [1.29, 1.82) is 0 Å². The van der Waals surface area contributed by atoms with Gasteiger partial charge in [-0.15, -0.1) is 0 Å². The summed E-state index contributed by atoms with van der Waals surface area (Å²) in [5.74, 6) is 0.321. The summed E-state index contributed by atoms with van der Waals surface area (Å²) in [5, 5.41) is 5.89. The minimum Gasteiger partial charge on any atom is -0.465 e. The van der Waals surface area contributed by atoms with Crippen LogP contribution < -0.4 is 10.6 Å². The molecule has 0 unspecified atom stereocenters. The molecule has 2 aromatic rings. The topological polar surface area (TPSA) is 93.2 Å². The van der Waals surface area contributed by atoms with Gasteiger partial charge in [-0.2, -0.15) is 0 Å². The molecule has 7 nitrogen and oxygen atoms in total. The van der Waals surface area contributed by atoms with Crippen LogP contribution in [0.1, 0.15) is 41.1 Å². The number of anilines is 2. The fourth-order valence-corrected chi connectivity index (χ4v) is 2.10. The molecule has 0 spiro atoms. The second kappa shape index (κ2) is 8.77. The first kappa shape index (κ1) is 18.4. The molecule has 2 N–H and O–H groups in total. The van der Waals surface area contributed by atoms with Crippen LogP contribution in [0.25, 0.3) is 0 Å². The van der Waals surface area contributed by atoms with Gasteiger partial charge >= 0.3 is 5.97 Å². The molecule has 0 aliphatic carbocycles. The van der Waals surface area contributed by atoms with E-state index in [9.17, 15) is 9.59 Å². The molecular formula is C18H22N4O3. The first-order valence-corrected chi connectivity index (χ1v) is 8.05. The number of hydrogen-bond acceptors (Lipinski definition) is 6. The van der Waals surface area contributed by atoms with E-state index >= 15 is 0 Å². The molecule has 0 saturated heterocycles. The van der Waals surface area contributed by atoms with Crippen molar-refractivity contribution >= 4 is 23.4 Å². The highest BCUT2D eigenvalue weighted by atomic mass is 16.5. The largest absolute Gasteiger partial charge is 0.465 e. The lowest BCUT2D eigenvalue weighted by atomic mass is 10.1. The molecule has 1 heterocycles. The van der Waals surface area contributed by atoms with E-state index in [-0.39, 0.29) is 11.6 Å². The van der Waals surface area contributed by atoms with Gasteiger partial charge in [0.15, 0.2) is 0 Å². The molecule has 1 aromatic carbocycles. The maximum Gasteiger partial charge on any atom is 0.337 e. The van der Waals surface area contributed by atoms with E-state index in [0.29, 0.717) is 29.5 Å². The van der Waals surface area contributed by atoms with E-state index in [1.807, 2.05) is 0 Å². The second-order valence-corrected chi connectivity index (χ2v) is 5.92. The van der Waals surface area contributed by atoms with Gasteiger partial charge in [-0.25, -0.2) is 14.8 Å². The number of esters is 1. The molecular weight excluding hydrogens is 320 g/mol. The van der Waals surface area contributed by atoms with Crippen LogP contribution in [-0.2, 0) is 4.74 Å².